The molecule has 1 heterocycles. The number of anilines is 1. The fourth-order valence-corrected chi connectivity index (χ4v) is 2.82. The summed E-state index contributed by atoms with van der Waals surface area (Å²) in [6.07, 6.45) is 2.66. The van der Waals surface area contributed by atoms with Crippen LogP contribution in [-0.2, 0) is 17.8 Å². The molecule has 0 unspecified atom stereocenters. The Balaban J connectivity index is 1.58. The molecule has 0 fully saturated rings. The van der Waals surface area contributed by atoms with Crippen molar-refractivity contribution in [3.05, 3.63) is 71.9 Å². The first kappa shape index (κ1) is 18.5. The summed E-state index contributed by atoms with van der Waals surface area (Å²) in [6.45, 7) is 0.610. The second kappa shape index (κ2) is 8.89. The van der Waals surface area contributed by atoms with Gasteiger partial charge in [-0.15, -0.1) is 0 Å². The van der Waals surface area contributed by atoms with E-state index in [-0.39, 0.29) is 5.91 Å². The first-order valence-electron chi connectivity index (χ1n) is 8.76. The van der Waals surface area contributed by atoms with E-state index in [0.29, 0.717) is 36.7 Å². The zero-order chi connectivity index (χ0) is 19.1. The topological polar surface area (TPSA) is 65.4 Å². The van der Waals surface area contributed by atoms with Crippen molar-refractivity contribution >= 4 is 11.7 Å². The van der Waals surface area contributed by atoms with Crippen molar-refractivity contribution in [2.24, 2.45) is 0 Å². The van der Waals surface area contributed by atoms with E-state index in [1.54, 1.807) is 31.2 Å². The SMILES string of the molecule is COc1ccc(CCC(=O)Nc2ccnn2Cc2ccccc2)cc1OC. The maximum atomic E-state index is 12.4. The van der Waals surface area contributed by atoms with Crippen molar-refractivity contribution < 1.29 is 14.3 Å². The van der Waals surface area contributed by atoms with Gasteiger partial charge in [0.05, 0.1) is 27.0 Å². The van der Waals surface area contributed by atoms with Gasteiger partial charge in [-0.1, -0.05) is 36.4 Å². The molecule has 0 spiro atoms. The Morgan fingerprint density at radius 3 is 2.52 bits per heavy atom. The summed E-state index contributed by atoms with van der Waals surface area (Å²) in [7, 11) is 3.20. The van der Waals surface area contributed by atoms with E-state index in [2.05, 4.69) is 10.4 Å². The Morgan fingerprint density at radius 2 is 1.78 bits per heavy atom. The summed E-state index contributed by atoms with van der Waals surface area (Å²) < 4.78 is 12.3. The largest absolute Gasteiger partial charge is 0.493 e. The fourth-order valence-electron chi connectivity index (χ4n) is 2.82. The zero-order valence-corrected chi connectivity index (χ0v) is 15.5. The number of benzene rings is 2. The molecule has 1 aromatic heterocycles. The molecule has 0 bridgehead atoms. The number of nitrogens with zero attached hydrogens (tertiary/aromatic N) is 2. The molecule has 1 amide bonds. The van der Waals surface area contributed by atoms with Crippen LogP contribution in [0.3, 0.4) is 0 Å². The van der Waals surface area contributed by atoms with E-state index >= 15 is 0 Å². The summed E-state index contributed by atoms with van der Waals surface area (Å²) in [6, 6.07) is 17.5. The minimum Gasteiger partial charge on any atom is -0.493 e. The average molecular weight is 365 g/mol. The number of amides is 1. The van der Waals surface area contributed by atoms with Gasteiger partial charge in [-0.2, -0.15) is 5.10 Å². The molecular weight excluding hydrogens is 342 g/mol. The van der Waals surface area contributed by atoms with Crippen LogP contribution >= 0.6 is 0 Å². The Hall–Kier alpha value is -3.28. The first-order valence-corrected chi connectivity index (χ1v) is 8.76. The van der Waals surface area contributed by atoms with Gasteiger partial charge in [0.1, 0.15) is 5.82 Å². The van der Waals surface area contributed by atoms with Crippen LogP contribution < -0.4 is 14.8 Å². The van der Waals surface area contributed by atoms with Crippen LogP contribution in [0.1, 0.15) is 17.5 Å². The number of hydrogen-bond donors (Lipinski definition) is 1. The number of ether oxygens (including phenoxy) is 2. The van der Waals surface area contributed by atoms with E-state index in [9.17, 15) is 4.79 Å². The summed E-state index contributed by atoms with van der Waals surface area (Å²) in [4.78, 5) is 12.4. The Labute approximate surface area is 158 Å². The quantitative estimate of drug-likeness (QED) is 0.663. The number of rotatable bonds is 8. The van der Waals surface area contributed by atoms with Gasteiger partial charge in [-0.25, -0.2) is 4.68 Å². The Morgan fingerprint density at radius 1 is 1.00 bits per heavy atom. The molecule has 2 aromatic carbocycles. The highest BCUT2D eigenvalue weighted by atomic mass is 16.5. The van der Waals surface area contributed by atoms with Crippen molar-refractivity contribution in [1.82, 2.24) is 9.78 Å². The van der Waals surface area contributed by atoms with Crippen molar-refractivity contribution in [1.29, 1.82) is 0 Å². The van der Waals surface area contributed by atoms with E-state index < -0.39 is 0 Å². The van der Waals surface area contributed by atoms with Gasteiger partial charge in [-0.3, -0.25) is 4.79 Å². The van der Waals surface area contributed by atoms with Crippen LogP contribution in [-0.4, -0.2) is 29.9 Å². The van der Waals surface area contributed by atoms with E-state index in [0.717, 1.165) is 11.1 Å². The summed E-state index contributed by atoms with van der Waals surface area (Å²) in [5.74, 6) is 1.97. The van der Waals surface area contributed by atoms with Crippen molar-refractivity contribution in [3.8, 4) is 11.5 Å². The molecular formula is C21H23N3O3. The van der Waals surface area contributed by atoms with Gasteiger partial charge in [0.15, 0.2) is 11.5 Å². The van der Waals surface area contributed by atoms with E-state index in [1.165, 1.54) is 0 Å². The second-order valence-corrected chi connectivity index (χ2v) is 6.10. The molecule has 3 aromatic rings. The van der Waals surface area contributed by atoms with Crippen molar-refractivity contribution in [2.75, 3.05) is 19.5 Å². The lowest BCUT2D eigenvalue weighted by molar-refractivity contribution is -0.116. The fraction of sp³-hybridized carbons (Fsp3) is 0.238. The number of methoxy groups -OCH3 is 2. The van der Waals surface area contributed by atoms with Crippen LogP contribution in [0.5, 0.6) is 11.5 Å². The molecule has 0 aliphatic carbocycles. The van der Waals surface area contributed by atoms with Crippen LogP contribution in [0.15, 0.2) is 60.8 Å². The van der Waals surface area contributed by atoms with Crippen LogP contribution in [0, 0.1) is 0 Å². The molecule has 6 heteroatoms. The number of carbonyl (C=O) groups excluding carboxylic acids is 1. The van der Waals surface area contributed by atoms with Crippen molar-refractivity contribution in [3.63, 3.8) is 0 Å². The molecule has 140 valence electrons. The average Bonchev–Trinajstić information content (AvgIpc) is 3.13. The van der Waals surface area contributed by atoms with Gasteiger partial charge < -0.3 is 14.8 Å². The molecule has 0 aliphatic heterocycles. The van der Waals surface area contributed by atoms with E-state index in [1.807, 2.05) is 48.5 Å². The third-order valence-corrected chi connectivity index (χ3v) is 4.25. The molecule has 0 saturated carbocycles. The van der Waals surface area contributed by atoms with E-state index in [4.69, 9.17) is 9.47 Å². The second-order valence-electron chi connectivity index (χ2n) is 6.10. The molecule has 3 rings (SSSR count). The van der Waals surface area contributed by atoms with Crippen LogP contribution in [0.4, 0.5) is 5.82 Å². The minimum absolute atomic E-state index is 0.0559. The van der Waals surface area contributed by atoms with Gasteiger partial charge >= 0.3 is 0 Å². The summed E-state index contributed by atoms with van der Waals surface area (Å²) >= 11 is 0. The predicted molar refractivity (Wildman–Crippen MR) is 104 cm³/mol. The maximum absolute atomic E-state index is 12.4. The van der Waals surface area contributed by atoms with Gasteiger partial charge in [0.25, 0.3) is 0 Å². The third-order valence-electron chi connectivity index (χ3n) is 4.25. The first-order chi connectivity index (χ1) is 13.2. The molecule has 0 saturated heterocycles. The highest BCUT2D eigenvalue weighted by Crippen LogP contribution is 2.28. The molecule has 0 atom stereocenters. The Kier molecular flexibility index (Phi) is 6.10. The molecule has 0 aliphatic rings. The molecule has 0 radical (unpaired) electrons. The standard InChI is InChI=1S/C21H23N3O3/c1-26-18-10-8-16(14-19(18)27-2)9-11-21(25)23-20-12-13-22-24(20)15-17-6-4-3-5-7-17/h3-8,10,12-14H,9,11,15H2,1-2H3,(H,23,25). The number of nitrogens with one attached hydrogen (secondary N) is 1. The molecule has 6 nitrogen and oxygen atoms in total. The summed E-state index contributed by atoms with van der Waals surface area (Å²) in [5, 5.41) is 7.23. The minimum atomic E-state index is -0.0559. The van der Waals surface area contributed by atoms with Crippen LogP contribution in [0.25, 0.3) is 0 Å². The van der Waals surface area contributed by atoms with Crippen LogP contribution in [0.2, 0.25) is 0 Å². The highest BCUT2D eigenvalue weighted by Gasteiger charge is 2.10. The number of carbonyl (C=O) groups is 1. The van der Waals surface area contributed by atoms with Gasteiger partial charge in [-0.05, 0) is 29.7 Å². The third kappa shape index (κ3) is 4.88. The zero-order valence-electron chi connectivity index (χ0n) is 15.5. The number of aromatic nitrogens is 2. The number of hydrogen-bond acceptors (Lipinski definition) is 4. The molecule has 27 heavy (non-hydrogen) atoms. The number of aryl methyl sites for hydroxylation is 1. The summed E-state index contributed by atoms with van der Waals surface area (Å²) in [5.41, 5.74) is 2.14. The lowest BCUT2D eigenvalue weighted by Crippen LogP contribution is -2.16. The normalized spacial score (nSPS) is 10.4. The lowest BCUT2D eigenvalue weighted by Gasteiger charge is -2.11. The van der Waals surface area contributed by atoms with Crippen molar-refractivity contribution in [2.45, 2.75) is 19.4 Å². The predicted octanol–water partition coefficient (Wildman–Crippen LogP) is 3.52. The van der Waals surface area contributed by atoms with Gasteiger partial charge in [0, 0.05) is 12.5 Å². The maximum Gasteiger partial charge on any atom is 0.225 e. The molecule has 1 N–H and O–H groups in total. The van der Waals surface area contributed by atoms with Gasteiger partial charge in [0.2, 0.25) is 5.91 Å². The smallest absolute Gasteiger partial charge is 0.225 e. The Bertz CT molecular complexity index is 891. The monoisotopic (exact) mass is 365 g/mol. The highest BCUT2D eigenvalue weighted by molar-refractivity contribution is 5.90. The lowest BCUT2D eigenvalue weighted by atomic mass is 10.1.